The van der Waals surface area contributed by atoms with Crippen molar-refractivity contribution >= 4 is 5.95 Å². The third-order valence-corrected chi connectivity index (χ3v) is 5.47. The van der Waals surface area contributed by atoms with Crippen molar-refractivity contribution in [2.45, 2.75) is 38.0 Å². The van der Waals surface area contributed by atoms with Crippen molar-refractivity contribution in [3.63, 3.8) is 0 Å². The van der Waals surface area contributed by atoms with Crippen LogP contribution in [0.25, 0.3) is 0 Å². The summed E-state index contributed by atoms with van der Waals surface area (Å²) in [5.74, 6) is 6.09. The summed E-state index contributed by atoms with van der Waals surface area (Å²) in [5, 5.41) is 8.39. The zero-order valence-corrected chi connectivity index (χ0v) is 10.3. The van der Waals surface area contributed by atoms with E-state index in [2.05, 4.69) is 10.2 Å². The van der Waals surface area contributed by atoms with Gasteiger partial charge in [0, 0.05) is 13.0 Å². The molecule has 0 spiro atoms. The number of nitrogens with zero attached hydrogens (tertiary/aromatic N) is 3. The van der Waals surface area contributed by atoms with Crippen LogP contribution in [-0.2, 0) is 7.05 Å². The monoisotopic (exact) mass is 232 g/mol. The van der Waals surface area contributed by atoms with Crippen molar-refractivity contribution in [1.29, 1.82) is 0 Å². The Balaban J connectivity index is 1.73. The molecule has 0 amide bonds. The van der Waals surface area contributed by atoms with Crippen LogP contribution >= 0.6 is 0 Å². The van der Waals surface area contributed by atoms with Gasteiger partial charge in [0.15, 0.2) is 0 Å². The molecule has 4 aliphatic rings. The lowest BCUT2D eigenvalue weighted by molar-refractivity contribution is -0.00656. The summed E-state index contributed by atoms with van der Waals surface area (Å²) in [7, 11) is 2.01. The molecule has 4 bridgehead atoms. The Morgan fingerprint density at radius 3 is 2.06 bits per heavy atom. The molecule has 92 valence electrons. The van der Waals surface area contributed by atoms with Crippen molar-refractivity contribution in [2.24, 2.45) is 30.7 Å². The third-order valence-electron chi connectivity index (χ3n) is 5.47. The van der Waals surface area contributed by atoms with E-state index in [-0.39, 0.29) is 0 Å². The predicted molar refractivity (Wildman–Crippen MR) is 65.2 cm³/mol. The SMILES string of the molecule is Cn1c(N)nnc1C1C2CC3CC(C2)CC1C3. The summed E-state index contributed by atoms with van der Waals surface area (Å²) < 4.78 is 2.01. The van der Waals surface area contributed by atoms with Crippen LogP contribution in [0.3, 0.4) is 0 Å². The van der Waals surface area contributed by atoms with Gasteiger partial charge in [-0.15, -0.1) is 10.2 Å². The number of hydrogen-bond donors (Lipinski definition) is 1. The standard InChI is InChI=1S/C13H20N4/c1-17-12(15-16-13(17)14)11-9-3-7-2-8(5-9)6-10(11)4-7/h7-11H,2-6H2,1H3,(H2,14,16). The Kier molecular flexibility index (Phi) is 1.89. The second kappa shape index (κ2) is 3.24. The van der Waals surface area contributed by atoms with E-state index >= 15 is 0 Å². The number of nitrogen functional groups attached to an aromatic ring is 1. The number of aromatic nitrogens is 3. The molecule has 0 unspecified atom stereocenters. The summed E-state index contributed by atoms with van der Waals surface area (Å²) in [4.78, 5) is 0. The molecule has 0 radical (unpaired) electrons. The molecular weight excluding hydrogens is 212 g/mol. The lowest BCUT2D eigenvalue weighted by Gasteiger charge is -2.53. The molecular formula is C13H20N4. The minimum atomic E-state index is 0.564. The molecule has 5 rings (SSSR count). The predicted octanol–water partition coefficient (Wildman–Crippen LogP) is 1.94. The molecule has 4 aliphatic carbocycles. The summed E-state index contributed by atoms with van der Waals surface area (Å²) in [6, 6.07) is 0. The van der Waals surface area contributed by atoms with Gasteiger partial charge in [-0.3, -0.25) is 0 Å². The minimum absolute atomic E-state index is 0.564. The first-order valence-corrected chi connectivity index (χ1v) is 6.87. The first kappa shape index (κ1) is 9.92. The Bertz CT molecular complexity index is 422. The molecule has 1 aromatic heterocycles. The highest BCUT2D eigenvalue weighted by Gasteiger charge is 2.50. The molecule has 0 aromatic carbocycles. The highest BCUT2D eigenvalue weighted by atomic mass is 15.3. The van der Waals surface area contributed by atoms with Gasteiger partial charge in [0.2, 0.25) is 5.95 Å². The molecule has 4 saturated carbocycles. The van der Waals surface area contributed by atoms with E-state index in [1.54, 1.807) is 0 Å². The first-order chi connectivity index (χ1) is 8.22. The van der Waals surface area contributed by atoms with Crippen LogP contribution in [0.1, 0.15) is 43.8 Å². The average molecular weight is 232 g/mol. The number of rotatable bonds is 1. The van der Waals surface area contributed by atoms with Gasteiger partial charge in [-0.05, 0) is 55.8 Å². The molecule has 0 atom stereocenters. The zero-order valence-electron chi connectivity index (χ0n) is 10.3. The summed E-state index contributed by atoms with van der Waals surface area (Å²) in [5.41, 5.74) is 5.82. The second-order valence-corrected chi connectivity index (χ2v) is 6.43. The summed E-state index contributed by atoms with van der Waals surface area (Å²) >= 11 is 0. The maximum Gasteiger partial charge on any atom is 0.221 e. The lowest BCUT2D eigenvalue weighted by atomic mass is 9.51. The minimum Gasteiger partial charge on any atom is -0.368 e. The fourth-order valence-electron chi connectivity index (χ4n) is 4.99. The van der Waals surface area contributed by atoms with E-state index in [0.717, 1.165) is 29.5 Å². The van der Waals surface area contributed by atoms with Gasteiger partial charge in [-0.2, -0.15) is 0 Å². The highest BCUT2D eigenvalue weighted by molar-refractivity contribution is 5.21. The molecule has 17 heavy (non-hydrogen) atoms. The van der Waals surface area contributed by atoms with Gasteiger partial charge in [0.1, 0.15) is 5.82 Å². The lowest BCUT2D eigenvalue weighted by Crippen LogP contribution is -2.44. The van der Waals surface area contributed by atoms with Crippen LogP contribution in [-0.4, -0.2) is 14.8 Å². The molecule has 4 fully saturated rings. The van der Waals surface area contributed by atoms with Crippen LogP contribution in [0.2, 0.25) is 0 Å². The van der Waals surface area contributed by atoms with Gasteiger partial charge in [0.25, 0.3) is 0 Å². The number of hydrogen-bond acceptors (Lipinski definition) is 3. The van der Waals surface area contributed by atoms with E-state index in [9.17, 15) is 0 Å². The van der Waals surface area contributed by atoms with E-state index < -0.39 is 0 Å². The largest absolute Gasteiger partial charge is 0.368 e. The van der Waals surface area contributed by atoms with E-state index in [1.807, 2.05) is 11.6 Å². The Morgan fingerprint density at radius 2 is 1.59 bits per heavy atom. The van der Waals surface area contributed by atoms with Gasteiger partial charge in [0.05, 0.1) is 0 Å². The smallest absolute Gasteiger partial charge is 0.221 e. The Hall–Kier alpha value is -1.06. The summed E-state index contributed by atoms with van der Waals surface area (Å²) in [6.07, 6.45) is 7.18. The van der Waals surface area contributed by atoms with Crippen molar-refractivity contribution in [2.75, 3.05) is 5.73 Å². The van der Waals surface area contributed by atoms with E-state index in [0.29, 0.717) is 11.9 Å². The normalized spacial score (nSPS) is 43.2. The fourth-order valence-corrected chi connectivity index (χ4v) is 4.99. The number of nitrogens with two attached hydrogens (primary N) is 1. The Morgan fingerprint density at radius 1 is 1.00 bits per heavy atom. The Labute approximate surface area is 102 Å². The molecule has 0 saturated heterocycles. The highest BCUT2D eigenvalue weighted by Crippen LogP contribution is 2.59. The fraction of sp³-hybridized carbons (Fsp3) is 0.846. The van der Waals surface area contributed by atoms with Crippen LogP contribution < -0.4 is 5.73 Å². The molecule has 4 heteroatoms. The number of anilines is 1. The van der Waals surface area contributed by atoms with Crippen LogP contribution in [0, 0.1) is 23.7 Å². The second-order valence-electron chi connectivity index (χ2n) is 6.43. The first-order valence-electron chi connectivity index (χ1n) is 6.87. The van der Waals surface area contributed by atoms with Crippen LogP contribution in [0.5, 0.6) is 0 Å². The van der Waals surface area contributed by atoms with Crippen molar-refractivity contribution in [3.8, 4) is 0 Å². The van der Waals surface area contributed by atoms with Crippen molar-refractivity contribution in [1.82, 2.24) is 14.8 Å². The molecule has 2 N–H and O–H groups in total. The van der Waals surface area contributed by atoms with Gasteiger partial charge in [-0.1, -0.05) is 0 Å². The van der Waals surface area contributed by atoms with Gasteiger partial charge < -0.3 is 10.3 Å². The van der Waals surface area contributed by atoms with Crippen molar-refractivity contribution in [3.05, 3.63) is 5.82 Å². The maximum absolute atomic E-state index is 5.82. The van der Waals surface area contributed by atoms with Crippen LogP contribution in [0.15, 0.2) is 0 Å². The summed E-state index contributed by atoms with van der Waals surface area (Å²) in [6.45, 7) is 0. The maximum atomic E-state index is 5.82. The topological polar surface area (TPSA) is 56.7 Å². The molecule has 1 heterocycles. The molecule has 4 nitrogen and oxygen atoms in total. The van der Waals surface area contributed by atoms with Crippen LogP contribution in [0.4, 0.5) is 5.95 Å². The quantitative estimate of drug-likeness (QED) is 0.805. The van der Waals surface area contributed by atoms with Gasteiger partial charge >= 0.3 is 0 Å². The zero-order chi connectivity index (χ0) is 11.6. The third kappa shape index (κ3) is 1.30. The average Bonchev–Trinajstić information content (AvgIpc) is 2.60. The van der Waals surface area contributed by atoms with E-state index in [1.165, 1.54) is 32.1 Å². The van der Waals surface area contributed by atoms with Gasteiger partial charge in [-0.25, -0.2) is 0 Å². The molecule has 0 aliphatic heterocycles. The van der Waals surface area contributed by atoms with Crippen molar-refractivity contribution < 1.29 is 0 Å². The van der Waals surface area contributed by atoms with E-state index in [4.69, 9.17) is 5.73 Å². The molecule has 1 aromatic rings.